The summed E-state index contributed by atoms with van der Waals surface area (Å²) in [6, 6.07) is 20.0. The van der Waals surface area contributed by atoms with Crippen molar-refractivity contribution in [1.82, 2.24) is 4.90 Å². The molecule has 182 valence electrons. The summed E-state index contributed by atoms with van der Waals surface area (Å²) in [7, 11) is 0. The molecule has 0 spiro atoms. The van der Waals surface area contributed by atoms with Crippen LogP contribution in [0.4, 0.5) is 11.4 Å². The molecule has 1 fully saturated rings. The van der Waals surface area contributed by atoms with Crippen LogP contribution < -0.4 is 4.90 Å². The molecular weight excluding hydrogens is 502 g/mol. The number of rotatable bonds is 4. The number of ketones is 2. The lowest BCUT2D eigenvalue weighted by Crippen LogP contribution is -2.30. The highest BCUT2D eigenvalue weighted by atomic mass is 32.2. The molecule has 3 aromatic rings. The minimum Gasteiger partial charge on any atom is -0.334 e. The number of aliphatic imine (C=N–C) groups is 1. The van der Waals surface area contributed by atoms with Gasteiger partial charge in [-0.05, 0) is 49.0 Å². The lowest BCUT2D eigenvalue weighted by atomic mass is 9.84. The average Bonchev–Trinajstić information content (AvgIpc) is 3.44. The van der Waals surface area contributed by atoms with Crippen molar-refractivity contribution in [1.29, 1.82) is 0 Å². The molecule has 0 unspecified atom stereocenters. The number of fused-ring (bicyclic) bond motifs is 3. The Hall–Kier alpha value is -3.88. The number of carbonyl (C=O) groups excluding carboxylic acids is 3. The molecule has 8 heteroatoms. The first-order chi connectivity index (χ1) is 18.0. The number of anilines is 1. The van der Waals surface area contributed by atoms with Crippen LogP contribution in [0.3, 0.4) is 0 Å². The second kappa shape index (κ2) is 9.21. The van der Waals surface area contributed by atoms with Gasteiger partial charge >= 0.3 is 0 Å². The fourth-order valence-corrected chi connectivity index (χ4v) is 7.09. The summed E-state index contributed by atoms with van der Waals surface area (Å²) < 4.78 is 0. The standard InChI is InChI=1S/C29H21N3O3S2/c1-3-15-32-27(35)26(28-31(4-2)22-11-7-8-12-23(22)36-28)37-29(32)30-17-13-14-20-21(16-17)25(34)19-10-6-5-9-18(19)24(20)33/h3,5-14,16H,1,4,15H2,2H3/b28-26-,30-29?. The molecule has 1 saturated heterocycles. The summed E-state index contributed by atoms with van der Waals surface area (Å²) in [6.45, 7) is 6.91. The highest BCUT2D eigenvalue weighted by Gasteiger charge is 2.39. The number of amidine groups is 1. The molecule has 0 saturated carbocycles. The van der Waals surface area contributed by atoms with Gasteiger partial charge in [-0.2, -0.15) is 0 Å². The van der Waals surface area contributed by atoms with Crippen LogP contribution in [0.5, 0.6) is 0 Å². The molecule has 1 amide bonds. The molecule has 0 N–H and O–H groups in total. The average molecular weight is 524 g/mol. The zero-order valence-corrected chi connectivity index (χ0v) is 21.6. The molecule has 2 aliphatic heterocycles. The molecule has 0 radical (unpaired) electrons. The van der Waals surface area contributed by atoms with E-state index in [1.54, 1.807) is 65.2 Å². The maximum atomic E-state index is 13.5. The topological polar surface area (TPSA) is 70.1 Å². The van der Waals surface area contributed by atoms with Gasteiger partial charge in [0.2, 0.25) is 0 Å². The lowest BCUT2D eigenvalue weighted by molar-refractivity contribution is -0.121. The molecule has 0 atom stereocenters. The molecule has 2 heterocycles. The van der Waals surface area contributed by atoms with Gasteiger partial charge in [0.15, 0.2) is 16.7 Å². The van der Waals surface area contributed by atoms with Crippen LogP contribution in [0.2, 0.25) is 0 Å². The molecule has 1 aliphatic carbocycles. The molecule has 6 nitrogen and oxygen atoms in total. The summed E-state index contributed by atoms with van der Waals surface area (Å²) in [4.78, 5) is 49.9. The van der Waals surface area contributed by atoms with Crippen molar-refractivity contribution >= 4 is 57.5 Å². The lowest BCUT2D eigenvalue weighted by Gasteiger charge is -2.19. The monoisotopic (exact) mass is 523 g/mol. The van der Waals surface area contributed by atoms with Gasteiger partial charge in [-0.3, -0.25) is 19.3 Å². The van der Waals surface area contributed by atoms with Gasteiger partial charge in [-0.1, -0.05) is 54.2 Å². The Morgan fingerprint density at radius 2 is 1.51 bits per heavy atom. The number of thioether (sulfide) groups is 2. The van der Waals surface area contributed by atoms with Gasteiger partial charge in [-0.15, -0.1) is 6.58 Å². The van der Waals surface area contributed by atoms with Gasteiger partial charge in [0, 0.05) is 40.2 Å². The predicted octanol–water partition coefficient (Wildman–Crippen LogP) is 6.01. The van der Waals surface area contributed by atoms with Crippen molar-refractivity contribution in [3.8, 4) is 0 Å². The Bertz CT molecular complexity index is 1590. The van der Waals surface area contributed by atoms with Crippen LogP contribution in [0.15, 0.2) is 99.2 Å². The molecule has 37 heavy (non-hydrogen) atoms. The fourth-order valence-electron chi connectivity index (χ4n) is 4.69. The fraction of sp³-hybridized carbons (Fsp3) is 0.103. The zero-order valence-electron chi connectivity index (χ0n) is 19.9. The summed E-state index contributed by atoms with van der Waals surface area (Å²) in [5, 5.41) is 1.40. The third-order valence-electron chi connectivity index (χ3n) is 6.43. The molecule has 3 aromatic carbocycles. The predicted molar refractivity (Wildman–Crippen MR) is 149 cm³/mol. The Balaban J connectivity index is 1.40. The highest BCUT2D eigenvalue weighted by Crippen LogP contribution is 2.50. The van der Waals surface area contributed by atoms with Crippen molar-refractivity contribution in [2.24, 2.45) is 4.99 Å². The smallest absolute Gasteiger partial charge is 0.269 e. The first-order valence-corrected chi connectivity index (χ1v) is 13.5. The normalized spacial score (nSPS) is 19.4. The molecular formula is C29H21N3O3S2. The van der Waals surface area contributed by atoms with Crippen LogP contribution in [-0.2, 0) is 4.79 Å². The van der Waals surface area contributed by atoms with Crippen LogP contribution in [0.1, 0.15) is 38.8 Å². The molecule has 0 bridgehead atoms. The first kappa shape index (κ1) is 23.5. The van der Waals surface area contributed by atoms with E-state index in [0.717, 1.165) is 22.2 Å². The SMILES string of the molecule is C=CCN1C(=O)/C(=C2/Sc3ccccc3N2CC)SC1=Nc1ccc2c(c1)C(=O)c1ccccc1C2=O. The number of hydrogen-bond donors (Lipinski definition) is 0. The third kappa shape index (κ3) is 3.75. The molecule has 0 aromatic heterocycles. The maximum absolute atomic E-state index is 13.5. The minimum atomic E-state index is -0.202. The second-order valence-electron chi connectivity index (χ2n) is 8.58. The molecule has 6 rings (SSSR count). The number of amides is 1. The van der Waals surface area contributed by atoms with E-state index in [1.807, 2.05) is 12.1 Å². The third-order valence-corrected chi connectivity index (χ3v) is 8.81. The van der Waals surface area contributed by atoms with Gasteiger partial charge in [-0.25, -0.2) is 4.99 Å². The van der Waals surface area contributed by atoms with Crippen molar-refractivity contribution in [3.63, 3.8) is 0 Å². The Morgan fingerprint density at radius 1 is 0.838 bits per heavy atom. The van der Waals surface area contributed by atoms with Crippen molar-refractivity contribution in [3.05, 3.63) is 112 Å². The van der Waals surface area contributed by atoms with Crippen LogP contribution in [0, 0.1) is 0 Å². The van der Waals surface area contributed by atoms with Crippen molar-refractivity contribution in [2.45, 2.75) is 11.8 Å². The number of nitrogens with zero attached hydrogens (tertiary/aromatic N) is 3. The number of para-hydroxylation sites is 1. The second-order valence-corrected chi connectivity index (χ2v) is 10.6. The first-order valence-electron chi connectivity index (χ1n) is 11.8. The Labute approximate surface area is 222 Å². The van der Waals surface area contributed by atoms with Gasteiger partial charge in [0.05, 0.1) is 11.4 Å². The maximum Gasteiger partial charge on any atom is 0.269 e. The van der Waals surface area contributed by atoms with E-state index in [1.165, 1.54) is 11.8 Å². The summed E-state index contributed by atoms with van der Waals surface area (Å²) in [5.41, 5.74) is 3.10. The minimum absolute atomic E-state index is 0.129. The van der Waals surface area contributed by atoms with E-state index in [-0.39, 0.29) is 17.5 Å². The number of hydrogen-bond acceptors (Lipinski definition) is 7. The van der Waals surface area contributed by atoms with Crippen molar-refractivity contribution < 1.29 is 14.4 Å². The summed E-state index contributed by atoms with van der Waals surface area (Å²) >= 11 is 2.91. The van der Waals surface area contributed by atoms with E-state index in [9.17, 15) is 14.4 Å². The number of carbonyl (C=O) groups is 3. The van der Waals surface area contributed by atoms with E-state index in [4.69, 9.17) is 4.99 Å². The van der Waals surface area contributed by atoms with Gasteiger partial charge in [0.1, 0.15) is 9.93 Å². The van der Waals surface area contributed by atoms with Gasteiger partial charge < -0.3 is 4.90 Å². The highest BCUT2D eigenvalue weighted by molar-refractivity contribution is 8.19. The number of benzene rings is 3. The van der Waals surface area contributed by atoms with E-state index in [2.05, 4.69) is 30.5 Å². The van der Waals surface area contributed by atoms with Gasteiger partial charge in [0.25, 0.3) is 5.91 Å². The van der Waals surface area contributed by atoms with Crippen molar-refractivity contribution in [2.75, 3.05) is 18.0 Å². The zero-order chi connectivity index (χ0) is 25.7. The van der Waals surface area contributed by atoms with E-state index < -0.39 is 0 Å². The van der Waals surface area contributed by atoms with Crippen LogP contribution in [-0.4, -0.2) is 40.6 Å². The van der Waals surface area contributed by atoms with E-state index in [0.29, 0.717) is 44.6 Å². The van der Waals surface area contributed by atoms with Crippen LogP contribution >= 0.6 is 23.5 Å². The van der Waals surface area contributed by atoms with Crippen LogP contribution in [0.25, 0.3) is 0 Å². The quantitative estimate of drug-likeness (QED) is 0.241. The Kier molecular flexibility index (Phi) is 5.85. The Morgan fingerprint density at radius 3 is 2.24 bits per heavy atom. The largest absolute Gasteiger partial charge is 0.334 e. The molecule has 3 aliphatic rings. The van der Waals surface area contributed by atoms with E-state index >= 15 is 0 Å². The summed E-state index contributed by atoms with van der Waals surface area (Å²) in [5.74, 6) is -0.505. The summed E-state index contributed by atoms with van der Waals surface area (Å²) in [6.07, 6.45) is 1.67.